The Morgan fingerprint density at radius 1 is 1.45 bits per heavy atom. The van der Waals surface area contributed by atoms with Crippen LogP contribution in [0.1, 0.15) is 11.1 Å². The van der Waals surface area contributed by atoms with Crippen LogP contribution in [0.2, 0.25) is 0 Å². The molecule has 0 amide bonds. The van der Waals surface area contributed by atoms with Crippen molar-refractivity contribution >= 4 is 15.9 Å². The number of halogens is 1. The molecule has 0 aliphatic heterocycles. The molecule has 0 N–H and O–H groups in total. The van der Waals surface area contributed by atoms with Crippen molar-refractivity contribution in [2.24, 2.45) is 0 Å². The van der Waals surface area contributed by atoms with Gasteiger partial charge in [-0.05, 0) is 17.7 Å². The Labute approximate surface area is 87.3 Å². The maximum atomic E-state index is 8.49. The zero-order valence-electron chi connectivity index (χ0n) is 6.05. The monoisotopic (exact) mass is 259 g/mol. The summed E-state index contributed by atoms with van der Waals surface area (Å²) in [5.41, 5.74) is 1.86. The van der Waals surface area contributed by atoms with Crippen LogP contribution >= 0.6 is 15.9 Å². The molecule has 0 bridgehead atoms. The van der Waals surface area contributed by atoms with Crippen molar-refractivity contribution in [3.8, 4) is 6.07 Å². The SMILES string of the molecule is N#Cc1cccc(CBr)c1.[Zn]. The fraction of sp³-hybridized carbons (Fsp3) is 0.125. The zero-order valence-corrected chi connectivity index (χ0v) is 10.6. The second-order valence-corrected chi connectivity index (χ2v) is 2.51. The Bertz CT molecular complexity index is 267. The van der Waals surface area contributed by atoms with Gasteiger partial charge in [0.2, 0.25) is 0 Å². The largest absolute Gasteiger partial charge is 0.192 e. The maximum absolute atomic E-state index is 8.49. The molecule has 0 aromatic heterocycles. The summed E-state index contributed by atoms with van der Waals surface area (Å²) in [5, 5.41) is 9.30. The van der Waals surface area contributed by atoms with E-state index in [4.69, 9.17) is 5.26 Å². The molecule has 0 heterocycles. The summed E-state index contributed by atoms with van der Waals surface area (Å²) >= 11 is 3.31. The predicted molar refractivity (Wildman–Crippen MR) is 43.8 cm³/mol. The summed E-state index contributed by atoms with van der Waals surface area (Å²) in [6, 6.07) is 9.61. The molecule has 0 unspecified atom stereocenters. The average Bonchev–Trinajstić information content (AvgIpc) is 2.05. The van der Waals surface area contributed by atoms with Crippen LogP contribution in [0.5, 0.6) is 0 Å². The van der Waals surface area contributed by atoms with E-state index in [-0.39, 0.29) is 19.5 Å². The van der Waals surface area contributed by atoms with E-state index in [1.165, 1.54) is 0 Å². The summed E-state index contributed by atoms with van der Waals surface area (Å²) in [6.45, 7) is 0. The Kier molecular flexibility index (Phi) is 5.37. The number of rotatable bonds is 1. The molecule has 1 aromatic carbocycles. The van der Waals surface area contributed by atoms with E-state index in [1.54, 1.807) is 6.07 Å². The number of nitrogens with zero attached hydrogens (tertiary/aromatic N) is 1. The minimum Gasteiger partial charge on any atom is -0.192 e. The fourth-order valence-corrected chi connectivity index (χ4v) is 1.07. The van der Waals surface area contributed by atoms with Gasteiger partial charge in [0, 0.05) is 24.8 Å². The number of hydrogen-bond acceptors (Lipinski definition) is 1. The normalized spacial score (nSPS) is 8.00. The van der Waals surface area contributed by atoms with Gasteiger partial charge >= 0.3 is 0 Å². The molecule has 1 aromatic rings. The van der Waals surface area contributed by atoms with E-state index in [1.807, 2.05) is 18.2 Å². The van der Waals surface area contributed by atoms with Crippen LogP contribution in [0, 0.1) is 11.3 Å². The van der Waals surface area contributed by atoms with Crippen molar-refractivity contribution in [1.82, 2.24) is 0 Å². The Hall–Kier alpha value is -0.187. The van der Waals surface area contributed by atoms with Crippen LogP contribution in [0.15, 0.2) is 24.3 Å². The second-order valence-electron chi connectivity index (χ2n) is 1.95. The summed E-state index contributed by atoms with van der Waals surface area (Å²) in [7, 11) is 0. The van der Waals surface area contributed by atoms with Crippen molar-refractivity contribution in [1.29, 1.82) is 5.26 Å². The van der Waals surface area contributed by atoms with Gasteiger partial charge in [0.05, 0.1) is 11.6 Å². The fourth-order valence-electron chi connectivity index (χ4n) is 0.724. The number of benzene rings is 1. The van der Waals surface area contributed by atoms with Gasteiger partial charge in [-0.3, -0.25) is 0 Å². The van der Waals surface area contributed by atoms with E-state index in [2.05, 4.69) is 22.0 Å². The molecule has 0 spiro atoms. The van der Waals surface area contributed by atoms with Crippen LogP contribution in [0.25, 0.3) is 0 Å². The Morgan fingerprint density at radius 3 is 2.73 bits per heavy atom. The van der Waals surface area contributed by atoms with Gasteiger partial charge in [-0.1, -0.05) is 28.1 Å². The molecule has 0 saturated heterocycles. The molecule has 0 fully saturated rings. The van der Waals surface area contributed by atoms with Crippen molar-refractivity contribution in [3.63, 3.8) is 0 Å². The molecule has 0 aliphatic rings. The first-order chi connectivity index (χ1) is 4.86. The van der Waals surface area contributed by atoms with Gasteiger partial charge in [-0.2, -0.15) is 5.26 Å². The first-order valence-corrected chi connectivity index (χ1v) is 4.04. The number of alkyl halides is 1. The summed E-state index contributed by atoms with van der Waals surface area (Å²) in [4.78, 5) is 0. The molecule has 11 heavy (non-hydrogen) atoms. The number of nitriles is 1. The van der Waals surface area contributed by atoms with Gasteiger partial charge in [-0.25, -0.2) is 0 Å². The van der Waals surface area contributed by atoms with E-state index < -0.39 is 0 Å². The van der Waals surface area contributed by atoms with E-state index in [0.717, 1.165) is 16.5 Å². The van der Waals surface area contributed by atoms with Crippen molar-refractivity contribution in [3.05, 3.63) is 35.4 Å². The quantitative estimate of drug-likeness (QED) is 0.563. The van der Waals surface area contributed by atoms with Crippen LogP contribution in [-0.2, 0) is 24.8 Å². The molecule has 1 rings (SSSR count). The average molecular weight is 261 g/mol. The van der Waals surface area contributed by atoms with Gasteiger partial charge in [-0.15, -0.1) is 0 Å². The molecule has 0 saturated carbocycles. The van der Waals surface area contributed by atoms with Crippen LogP contribution in [0.4, 0.5) is 0 Å². The summed E-state index contributed by atoms with van der Waals surface area (Å²) < 4.78 is 0. The van der Waals surface area contributed by atoms with Gasteiger partial charge in [0.1, 0.15) is 0 Å². The Balaban J connectivity index is 0.000001000. The standard InChI is InChI=1S/C8H6BrN.Zn/c9-5-7-2-1-3-8(4-7)6-10;/h1-4H,5H2;. The van der Waals surface area contributed by atoms with Crippen molar-refractivity contribution in [2.75, 3.05) is 0 Å². The van der Waals surface area contributed by atoms with E-state index in [9.17, 15) is 0 Å². The molecule has 0 aliphatic carbocycles. The topological polar surface area (TPSA) is 23.8 Å². The molecule has 52 valence electrons. The first kappa shape index (κ1) is 10.8. The van der Waals surface area contributed by atoms with Gasteiger partial charge < -0.3 is 0 Å². The van der Waals surface area contributed by atoms with Crippen molar-refractivity contribution in [2.45, 2.75) is 5.33 Å². The summed E-state index contributed by atoms with van der Waals surface area (Å²) in [5.74, 6) is 0. The van der Waals surface area contributed by atoms with E-state index in [0.29, 0.717) is 0 Å². The third-order valence-corrected chi connectivity index (χ3v) is 1.86. The van der Waals surface area contributed by atoms with Crippen molar-refractivity contribution < 1.29 is 19.5 Å². The maximum Gasteiger partial charge on any atom is 0.0991 e. The van der Waals surface area contributed by atoms with Crippen LogP contribution in [-0.4, -0.2) is 0 Å². The van der Waals surface area contributed by atoms with Crippen LogP contribution in [0.3, 0.4) is 0 Å². The minimum absolute atomic E-state index is 0. The molecule has 0 atom stereocenters. The molecular formula is C8H6BrNZn. The minimum atomic E-state index is 0. The second kappa shape index (κ2) is 5.46. The third kappa shape index (κ3) is 3.14. The molecule has 1 nitrogen and oxygen atoms in total. The zero-order chi connectivity index (χ0) is 7.40. The predicted octanol–water partition coefficient (Wildman–Crippen LogP) is 2.45. The smallest absolute Gasteiger partial charge is 0.0991 e. The Morgan fingerprint density at radius 2 is 2.18 bits per heavy atom. The number of hydrogen-bond donors (Lipinski definition) is 0. The van der Waals surface area contributed by atoms with Gasteiger partial charge in [0.15, 0.2) is 0 Å². The van der Waals surface area contributed by atoms with E-state index >= 15 is 0 Å². The third-order valence-electron chi connectivity index (χ3n) is 1.21. The first-order valence-electron chi connectivity index (χ1n) is 2.92. The molecule has 3 heteroatoms. The van der Waals surface area contributed by atoms with Gasteiger partial charge in [0.25, 0.3) is 0 Å². The molecule has 0 radical (unpaired) electrons. The summed E-state index contributed by atoms with van der Waals surface area (Å²) in [6.07, 6.45) is 0. The van der Waals surface area contributed by atoms with Crippen LogP contribution < -0.4 is 0 Å². The molecular weight excluding hydrogens is 255 g/mol.